The first kappa shape index (κ1) is 17.0. The van der Waals surface area contributed by atoms with E-state index in [1.54, 1.807) is 12.1 Å². The lowest BCUT2D eigenvalue weighted by Crippen LogP contribution is -2.36. The largest absolute Gasteiger partial charge is 0.480 e. The van der Waals surface area contributed by atoms with Crippen LogP contribution in [0.5, 0.6) is 0 Å². The van der Waals surface area contributed by atoms with Crippen molar-refractivity contribution in [3.05, 3.63) is 65.7 Å². The van der Waals surface area contributed by atoms with Gasteiger partial charge in [0.1, 0.15) is 19.0 Å². The minimum absolute atomic E-state index is 0.0430. The Labute approximate surface area is 138 Å². The maximum Gasteiger partial charge on any atom is 0.415 e. The minimum atomic E-state index is -1.16. The predicted octanol–water partition coefficient (Wildman–Crippen LogP) is 2.20. The Hall–Kier alpha value is -3.35. The summed E-state index contributed by atoms with van der Waals surface area (Å²) in [6, 6.07) is 15.2. The molecule has 7 heteroatoms. The molecule has 0 radical (unpaired) electrons. The molecule has 0 aromatic heterocycles. The van der Waals surface area contributed by atoms with Gasteiger partial charge < -0.3 is 15.6 Å². The van der Waals surface area contributed by atoms with Gasteiger partial charge in [-0.1, -0.05) is 30.3 Å². The summed E-state index contributed by atoms with van der Waals surface area (Å²) in [6.45, 7) is -0.492. The molecule has 2 aromatic rings. The highest BCUT2D eigenvalue weighted by molar-refractivity contribution is 5.97. The molecule has 0 heterocycles. The summed E-state index contributed by atoms with van der Waals surface area (Å²) in [5.41, 5.74) is 7.00. The number of amides is 1. The Kier molecular flexibility index (Phi) is 5.51. The number of carbonyl (C=O) groups excluding carboxylic acids is 1. The van der Waals surface area contributed by atoms with Gasteiger partial charge in [0.25, 0.3) is 0 Å². The van der Waals surface area contributed by atoms with Crippen molar-refractivity contribution >= 4 is 23.6 Å². The van der Waals surface area contributed by atoms with E-state index in [4.69, 9.17) is 21.0 Å². The first-order chi connectivity index (χ1) is 11.5. The van der Waals surface area contributed by atoms with E-state index < -0.39 is 18.6 Å². The van der Waals surface area contributed by atoms with Crippen LogP contribution in [0.4, 0.5) is 10.5 Å². The zero-order valence-corrected chi connectivity index (χ0v) is 12.8. The van der Waals surface area contributed by atoms with Crippen LogP contribution >= 0.6 is 0 Å². The number of rotatable bonds is 6. The average Bonchev–Trinajstić information content (AvgIpc) is 2.58. The van der Waals surface area contributed by atoms with Gasteiger partial charge in [0.15, 0.2) is 0 Å². The molecule has 4 N–H and O–H groups in total. The van der Waals surface area contributed by atoms with Gasteiger partial charge in [-0.3, -0.25) is 15.1 Å². The van der Waals surface area contributed by atoms with E-state index in [1.165, 1.54) is 24.3 Å². The normalized spacial score (nSPS) is 10.0. The Morgan fingerprint density at radius 1 is 1.08 bits per heavy atom. The molecule has 0 aliphatic rings. The van der Waals surface area contributed by atoms with Gasteiger partial charge in [-0.25, -0.2) is 4.79 Å². The summed E-state index contributed by atoms with van der Waals surface area (Å²) < 4.78 is 5.18. The second kappa shape index (κ2) is 7.77. The highest BCUT2D eigenvalue weighted by atomic mass is 16.6. The van der Waals surface area contributed by atoms with Crippen LogP contribution in [-0.4, -0.2) is 29.5 Å². The van der Waals surface area contributed by atoms with Crippen molar-refractivity contribution in [2.24, 2.45) is 5.73 Å². The third kappa shape index (κ3) is 4.57. The number of nitrogens with one attached hydrogen (secondary N) is 1. The number of carboxylic acids is 1. The molecule has 0 aliphatic heterocycles. The molecule has 2 rings (SSSR count). The number of amidine groups is 1. The molecule has 1 amide bonds. The highest BCUT2D eigenvalue weighted by Gasteiger charge is 2.20. The van der Waals surface area contributed by atoms with Gasteiger partial charge in [-0.15, -0.1) is 0 Å². The lowest BCUT2D eigenvalue weighted by atomic mass is 10.2. The third-order valence-electron chi connectivity index (χ3n) is 3.21. The lowest BCUT2D eigenvalue weighted by Gasteiger charge is -2.20. The number of carboxylic acid groups (broad SMARTS) is 1. The van der Waals surface area contributed by atoms with Crippen LogP contribution in [0.15, 0.2) is 54.6 Å². The quantitative estimate of drug-likeness (QED) is 0.555. The van der Waals surface area contributed by atoms with E-state index in [2.05, 4.69) is 0 Å². The van der Waals surface area contributed by atoms with Gasteiger partial charge in [0, 0.05) is 11.3 Å². The summed E-state index contributed by atoms with van der Waals surface area (Å²) in [4.78, 5) is 24.3. The van der Waals surface area contributed by atoms with E-state index in [9.17, 15) is 9.59 Å². The third-order valence-corrected chi connectivity index (χ3v) is 3.21. The molecular formula is C17H17N3O4. The second-order valence-electron chi connectivity index (χ2n) is 4.98. The zero-order chi connectivity index (χ0) is 17.5. The Bertz CT molecular complexity index is 729. The Morgan fingerprint density at radius 2 is 1.71 bits per heavy atom. The summed E-state index contributed by atoms with van der Waals surface area (Å²) in [5, 5.41) is 16.4. The Morgan fingerprint density at radius 3 is 2.25 bits per heavy atom. The van der Waals surface area contributed by atoms with Crippen LogP contribution in [0.2, 0.25) is 0 Å². The smallest absolute Gasteiger partial charge is 0.415 e. The molecule has 0 spiro atoms. The summed E-state index contributed by atoms with van der Waals surface area (Å²) >= 11 is 0. The van der Waals surface area contributed by atoms with E-state index in [0.717, 1.165) is 10.5 Å². The number of nitrogens with two attached hydrogens (primary N) is 1. The number of hydrogen-bond acceptors (Lipinski definition) is 4. The number of hydrogen-bond donors (Lipinski definition) is 3. The molecule has 0 saturated heterocycles. The van der Waals surface area contributed by atoms with Gasteiger partial charge in [0.05, 0.1) is 0 Å². The standard InChI is InChI=1S/C17H17N3O4/c18-16(19)13-6-8-14(9-7-13)20(10-15(21)22)17(23)24-11-12-4-2-1-3-5-12/h1-9H,10-11H2,(H3,18,19)(H,21,22). The van der Waals surface area contributed by atoms with Gasteiger partial charge >= 0.3 is 12.1 Å². The van der Waals surface area contributed by atoms with Crippen molar-refractivity contribution in [2.75, 3.05) is 11.4 Å². The van der Waals surface area contributed by atoms with Crippen molar-refractivity contribution in [3.63, 3.8) is 0 Å². The molecule has 0 bridgehead atoms. The number of ether oxygens (including phenoxy) is 1. The van der Waals surface area contributed by atoms with Crippen LogP contribution in [0.3, 0.4) is 0 Å². The predicted molar refractivity (Wildman–Crippen MR) is 89.1 cm³/mol. The van der Waals surface area contributed by atoms with Crippen molar-refractivity contribution in [1.29, 1.82) is 5.41 Å². The van der Waals surface area contributed by atoms with Crippen LogP contribution in [0.1, 0.15) is 11.1 Å². The van der Waals surface area contributed by atoms with Gasteiger partial charge in [0.2, 0.25) is 0 Å². The van der Waals surface area contributed by atoms with Gasteiger partial charge in [-0.05, 0) is 29.8 Å². The number of carbonyl (C=O) groups is 2. The van der Waals surface area contributed by atoms with Crippen molar-refractivity contribution in [2.45, 2.75) is 6.61 Å². The number of nitrogen functional groups attached to an aromatic ring is 1. The molecular weight excluding hydrogens is 310 g/mol. The average molecular weight is 327 g/mol. The van der Waals surface area contributed by atoms with E-state index in [-0.39, 0.29) is 12.4 Å². The highest BCUT2D eigenvalue weighted by Crippen LogP contribution is 2.17. The van der Waals surface area contributed by atoms with Crippen LogP contribution < -0.4 is 10.6 Å². The molecule has 2 aromatic carbocycles. The fourth-order valence-electron chi connectivity index (χ4n) is 2.01. The molecule has 0 aliphatic carbocycles. The number of aliphatic carboxylic acids is 1. The molecule has 7 nitrogen and oxygen atoms in total. The van der Waals surface area contributed by atoms with Crippen molar-refractivity contribution < 1.29 is 19.4 Å². The number of anilines is 1. The fourth-order valence-corrected chi connectivity index (χ4v) is 2.01. The van der Waals surface area contributed by atoms with E-state index in [0.29, 0.717) is 11.3 Å². The molecule has 0 atom stereocenters. The summed E-state index contributed by atoms with van der Waals surface area (Å²) in [5.74, 6) is -1.28. The molecule has 24 heavy (non-hydrogen) atoms. The maximum atomic E-state index is 12.2. The van der Waals surface area contributed by atoms with Gasteiger partial charge in [-0.2, -0.15) is 0 Å². The van der Waals surface area contributed by atoms with Crippen LogP contribution in [0.25, 0.3) is 0 Å². The van der Waals surface area contributed by atoms with Crippen molar-refractivity contribution in [1.82, 2.24) is 0 Å². The maximum absolute atomic E-state index is 12.2. The summed E-state index contributed by atoms with van der Waals surface area (Å²) in [7, 11) is 0. The van der Waals surface area contributed by atoms with Crippen LogP contribution in [0, 0.1) is 5.41 Å². The van der Waals surface area contributed by atoms with Crippen LogP contribution in [-0.2, 0) is 16.1 Å². The lowest BCUT2D eigenvalue weighted by molar-refractivity contribution is -0.135. The van der Waals surface area contributed by atoms with E-state index >= 15 is 0 Å². The van der Waals surface area contributed by atoms with Crippen molar-refractivity contribution in [3.8, 4) is 0 Å². The first-order valence-corrected chi connectivity index (χ1v) is 7.12. The topological polar surface area (TPSA) is 117 Å². The van der Waals surface area contributed by atoms with E-state index in [1.807, 2.05) is 18.2 Å². The summed E-state index contributed by atoms with van der Waals surface area (Å²) in [6.07, 6.45) is -0.767. The Balaban J connectivity index is 2.13. The number of benzene rings is 2. The molecule has 0 fully saturated rings. The molecule has 0 saturated carbocycles. The zero-order valence-electron chi connectivity index (χ0n) is 12.8. The minimum Gasteiger partial charge on any atom is -0.480 e. The second-order valence-corrected chi connectivity index (χ2v) is 4.98. The number of nitrogens with zero attached hydrogens (tertiary/aromatic N) is 1. The molecule has 124 valence electrons. The molecule has 0 unspecified atom stereocenters. The fraction of sp³-hybridized carbons (Fsp3) is 0.118. The monoisotopic (exact) mass is 327 g/mol. The SMILES string of the molecule is N=C(N)c1ccc(N(CC(=O)O)C(=O)OCc2ccccc2)cc1. The first-order valence-electron chi connectivity index (χ1n) is 7.12.